The molecule has 0 aliphatic heterocycles. The van der Waals surface area contributed by atoms with Gasteiger partial charge in [-0.25, -0.2) is 14.4 Å². The van der Waals surface area contributed by atoms with Crippen LogP contribution in [0.1, 0.15) is 0 Å². The first-order chi connectivity index (χ1) is 6.80. The molecule has 0 atom stereocenters. The molecule has 8 heteroatoms. The van der Waals surface area contributed by atoms with Crippen LogP contribution in [-0.4, -0.2) is 16.3 Å². The summed E-state index contributed by atoms with van der Waals surface area (Å²) in [7, 11) is 0. The fraction of sp³-hybridized carbons (Fsp3) is 0.143. The Balaban J connectivity index is 3.09. The van der Waals surface area contributed by atoms with Crippen LogP contribution in [0.2, 0.25) is 5.02 Å². The fourth-order valence-electron chi connectivity index (χ4n) is 0.646. The molecule has 1 heterocycles. The van der Waals surface area contributed by atoms with Crippen LogP contribution in [0.25, 0.3) is 0 Å². The number of rotatable bonds is 1. The van der Waals surface area contributed by atoms with Crippen LogP contribution in [0.4, 0.5) is 23.4 Å². The van der Waals surface area contributed by atoms with Crippen molar-refractivity contribution in [1.29, 1.82) is 0 Å². The van der Waals surface area contributed by atoms with Gasteiger partial charge in [0.05, 0.1) is 5.02 Å². The minimum Gasteiger partial charge on any atom is -0.233 e. The van der Waals surface area contributed by atoms with Gasteiger partial charge in [-0.15, -0.1) is 0 Å². The van der Waals surface area contributed by atoms with Gasteiger partial charge in [-0.3, -0.25) is 0 Å². The Hall–Kier alpha value is -0.880. The largest absolute Gasteiger partial charge is 0.444 e. The molecule has 0 N–H and O–H groups in total. The maximum absolute atomic E-state index is 12.9. The molecular formula is C7H2Cl2F4N2. The molecule has 0 unspecified atom stereocenters. The smallest absolute Gasteiger partial charge is 0.233 e. The minimum atomic E-state index is -4.82. The Morgan fingerprint density at radius 3 is 2.47 bits per heavy atom. The number of hydrogen-bond donors (Lipinski definition) is 0. The third-order valence-electron chi connectivity index (χ3n) is 1.23. The Bertz CT molecular complexity index is 402. The van der Waals surface area contributed by atoms with Crippen LogP contribution < -0.4 is 0 Å². The summed E-state index contributed by atoms with van der Waals surface area (Å²) in [5.74, 6) is -1.84. The molecule has 0 aliphatic rings. The normalized spacial score (nSPS) is 13.1. The molecule has 1 aromatic heterocycles. The summed E-state index contributed by atoms with van der Waals surface area (Å²) in [6.07, 6.45) is -3.86. The SMILES string of the molecule is Fc1cc(Cl)cnc1N=C(Cl)C(F)(F)F. The first kappa shape index (κ1) is 12.2. The van der Waals surface area contributed by atoms with E-state index in [2.05, 4.69) is 9.98 Å². The predicted molar refractivity (Wildman–Crippen MR) is 48.2 cm³/mol. The lowest BCUT2D eigenvalue weighted by molar-refractivity contribution is -0.0558. The van der Waals surface area contributed by atoms with Crippen molar-refractivity contribution in [2.45, 2.75) is 6.18 Å². The van der Waals surface area contributed by atoms with Crippen LogP contribution in [0.15, 0.2) is 17.3 Å². The average Bonchev–Trinajstić information content (AvgIpc) is 2.08. The Kier molecular flexibility index (Phi) is 3.51. The molecule has 0 spiro atoms. The molecule has 2 nitrogen and oxygen atoms in total. The number of aliphatic imine (C=N–C) groups is 1. The van der Waals surface area contributed by atoms with Crippen molar-refractivity contribution in [1.82, 2.24) is 4.98 Å². The van der Waals surface area contributed by atoms with Crippen molar-refractivity contribution in [2.24, 2.45) is 4.99 Å². The van der Waals surface area contributed by atoms with E-state index < -0.39 is 23.0 Å². The van der Waals surface area contributed by atoms with Crippen LogP contribution in [0, 0.1) is 5.82 Å². The Morgan fingerprint density at radius 1 is 1.40 bits per heavy atom. The van der Waals surface area contributed by atoms with Gasteiger partial charge < -0.3 is 0 Å². The highest BCUT2D eigenvalue weighted by atomic mass is 35.5. The summed E-state index contributed by atoms with van der Waals surface area (Å²) < 4.78 is 48.6. The van der Waals surface area contributed by atoms with Gasteiger partial charge in [0.1, 0.15) is 0 Å². The lowest BCUT2D eigenvalue weighted by Gasteiger charge is -2.02. The van der Waals surface area contributed by atoms with Crippen molar-refractivity contribution in [2.75, 3.05) is 0 Å². The highest BCUT2D eigenvalue weighted by molar-refractivity contribution is 6.67. The van der Waals surface area contributed by atoms with E-state index in [0.717, 1.165) is 12.3 Å². The maximum atomic E-state index is 12.9. The minimum absolute atomic E-state index is 0.0467. The van der Waals surface area contributed by atoms with E-state index in [4.69, 9.17) is 23.2 Å². The van der Waals surface area contributed by atoms with Gasteiger partial charge in [0.15, 0.2) is 11.6 Å². The van der Waals surface area contributed by atoms with Crippen LogP contribution in [0.5, 0.6) is 0 Å². The number of alkyl halides is 3. The molecule has 15 heavy (non-hydrogen) atoms. The number of halogens is 6. The average molecular weight is 261 g/mol. The molecule has 1 aromatic rings. The zero-order valence-corrected chi connectivity index (χ0v) is 8.33. The highest BCUT2D eigenvalue weighted by Crippen LogP contribution is 2.25. The molecule has 0 bridgehead atoms. The van der Waals surface area contributed by atoms with Gasteiger partial charge in [0.25, 0.3) is 0 Å². The molecule has 0 fully saturated rings. The number of hydrogen-bond acceptors (Lipinski definition) is 2. The summed E-state index contributed by atoms with van der Waals surface area (Å²) in [6.45, 7) is 0. The van der Waals surface area contributed by atoms with Gasteiger partial charge in [0.2, 0.25) is 5.17 Å². The van der Waals surface area contributed by atoms with Gasteiger partial charge in [-0.2, -0.15) is 13.2 Å². The number of nitrogens with zero attached hydrogens (tertiary/aromatic N) is 2. The standard InChI is InChI=1S/C7H2Cl2F4N2/c8-3-1-4(10)5(14-2-3)15-6(9)7(11,12)13/h1-2H. The number of pyridine rings is 1. The van der Waals surface area contributed by atoms with Crippen molar-refractivity contribution in [3.63, 3.8) is 0 Å². The van der Waals surface area contributed by atoms with Crippen molar-refractivity contribution in [3.8, 4) is 0 Å². The second-order valence-corrected chi connectivity index (χ2v) is 3.15. The van der Waals surface area contributed by atoms with Crippen LogP contribution in [-0.2, 0) is 0 Å². The third-order valence-corrected chi connectivity index (χ3v) is 1.73. The molecule has 0 saturated heterocycles. The van der Waals surface area contributed by atoms with Crippen LogP contribution >= 0.6 is 23.2 Å². The maximum Gasteiger partial charge on any atom is 0.444 e. The second kappa shape index (κ2) is 4.32. The fourth-order valence-corrected chi connectivity index (χ4v) is 0.871. The van der Waals surface area contributed by atoms with E-state index in [1.54, 1.807) is 0 Å². The Labute approximate surface area is 91.5 Å². The zero-order valence-electron chi connectivity index (χ0n) is 6.82. The van der Waals surface area contributed by atoms with Crippen molar-refractivity contribution in [3.05, 3.63) is 23.1 Å². The molecule has 82 valence electrons. The monoisotopic (exact) mass is 260 g/mol. The van der Waals surface area contributed by atoms with E-state index >= 15 is 0 Å². The van der Waals surface area contributed by atoms with Gasteiger partial charge in [-0.1, -0.05) is 23.2 Å². The molecule has 0 amide bonds. The second-order valence-electron chi connectivity index (χ2n) is 2.36. The molecule has 1 rings (SSSR count). The number of aromatic nitrogens is 1. The quantitative estimate of drug-likeness (QED) is 0.558. The first-order valence-electron chi connectivity index (χ1n) is 3.43. The highest BCUT2D eigenvalue weighted by Gasteiger charge is 2.34. The van der Waals surface area contributed by atoms with Gasteiger partial charge in [0, 0.05) is 6.20 Å². The lowest BCUT2D eigenvalue weighted by Crippen LogP contribution is -2.16. The molecule has 0 aliphatic carbocycles. The van der Waals surface area contributed by atoms with Gasteiger partial charge >= 0.3 is 6.18 Å². The summed E-state index contributed by atoms with van der Waals surface area (Å²) in [5.41, 5.74) is 0. The van der Waals surface area contributed by atoms with E-state index in [0.29, 0.717) is 0 Å². The zero-order chi connectivity index (χ0) is 11.6. The summed E-state index contributed by atoms with van der Waals surface area (Å²) in [4.78, 5) is 6.04. The summed E-state index contributed by atoms with van der Waals surface area (Å²) in [6, 6.07) is 0.786. The third kappa shape index (κ3) is 3.32. The molecular weight excluding hydrogens is 259 g/mol. The Morgan fingerprint density at radius 2 is 2.00 bits per heavy atom. The van der Waals surface area contributed by atoms with Crippen molar-refractivity contribution >= 4 is 34.2 Å². The first-order valence-corrected chi connectivity index (χ1v) is 4.18. The van der Waals surface area contributed by atoms with E-state index in [9.17, 15) is 17.6 Å². The summed E-state index contributed by atoms with van der Waals surface area (Å²) in [5, 5.41) is -1.74. The van der Waals surface area contributed by atoms with E-state index in [-0.39, 0.29) is 5.02 Å². The van der Waals surface area contributed by atoms with Crippen molar-refractivity contribution < 1.29 is 17.6 Å². The lowest BCUT2D eigenvalue weighted by atomic mass is 10.4. The molecule has 0 radical (unpaired) electrons. The summed E-state index contributed by atoms with van der Waals surface area (Å²) >= 11 is 10.1. The topological polar surface area (TPSA) is 25.2 Å². The van der Waals surface area contributed by atoms with E-state index in [1.165, 1.54) is 0 Å². The van der Waals surface area contributed by atoms with E-state index in [1.807, 2.05) is 0 Å². The van der Waals surface area contributed by atoms with Gasteiger partial charge in [-0.05, 0) is 6.07 Å². The predicted octanol–water partition coefficient (Wildman–Crippen LogP) is 3.71. The molecule has 0 aromatic carbocycles. The molecule has 0 saturated carbocycles. The van der Waals surface area contributed by atoms with Crippen LogP contribution in [0.3, 0.4) is 0 Å².